The lowest BCUT2D eigenvalue weighted by Gasteiger charge is -2.17. The van der Waals surface area contributed by atoms with Crippen molar-refractivity contribution in [2.24, 2.45) is 0 Å². The average Bonchev–Trinajstić information content (AvgIpc) is 3.35. The zero-order valence-electron chi connectivity index (χ0n) is 15.5. The van der Waals surface area contributed by atoms with Crippen LogP contribution < -0.4 is 5.32 Å². The first-order valence-corrected chi connectivity index (χ1v) is 10.4. The first-order valence-electron chi connectivity index (χ1n) is 9.51. The number of aryl methyl sites for hydroxylation is 3. The number of hydrogen-bond acceptors (Lipinski definition) is 3. The lowest BCUT2D eigenvalue weighted by Crippen LogP contribution is -2.28. The summed E-state index contributed by atoms with van der Waals surface area (Å²) in [4.78, 5) is 12.8. The second-order valence-electron chi connectivity index (χ2n) is 7.27. The Labute approximate surface area is 158 Å². The van der Waals surface area contributed by atoms with Crippen LogP contribution in [0.15, 0.2) is 23.6 Å². The summed E-state index contributed by atoms with van der Waals surface area (Å²) in [5.41, 5.74) is 4.25. The molecule has 0 aliphatic heterocycles. The summed E-state index contributed by atoms with van der Waals surface area (Å²) in [6, 6.07) is 6.77. The molecule has 0 bridgehead atoms. The number of carbonyl (C=O) groups is 1. The summed E-state index contributed by atoms with van der Waals surface area (Å²) in [6.07, 6.45) is 5.76. The molecule has 6 heteroatoms. The maximum atomic E-state index is 12.8. The fraction of sp³-hybridized carbons (Fsp3) is 0.500. The highest BCUT2D eigenvalue weighted by atomic mass is 32.1. The van der Waals surface area contributed by atoms with E-state index in [0.717, 1.165) is 24.4 Å². The number of nitrogens with one attached hydrogen (secondary N) is 1. The molecule has 0 spiro atoms. The number of fused-ring (bicyclic) bond motifs is 1. The molecule has 1 saturated carbocycles. The molecular formula is C20H26N4OS. The Balaban J connectivity index is 1.42. The van der Waals surface area contributed by atoms with Crippen molar-refractivity contribution in [2.75, 3.05) is 6.54 Å². The number of rotatable bonds is 6. The third kappa shape index (κ3) is 3.30. The molecule has 26 heavy (non-hydrogen) atoms. The van der Waals surface area contributed by atoms with E-state index in [1.54, 1.807) is 11.3 Å². The number of thiophene rings is 1. The molecule has 0 saturated heterocycles. The summed E-state index contributed by atoms with van der Waals surface area (Å²) < 4.78 is 5.51. The smallest absolute Gasteiger partial charge is 0.267 e. The van der Waals surface area contributed by atoms with Gasteiger partial charge in [-0.25, -0.2) is 0 Å². The Morgan fingerprint density at radius 1 is 1.31 bits per heavy atom. The van der Waals surface area contributed by atoms with Crippen LogP contribution in [0, 0.1) is 13.8 Å². The minimum absolute atomic E-state index is 0.0497. The van der Waals surface area contributed by atoms with E-state index >= 15 is 0 Å². The molecule has 3 heterocycles. The maximum Gasteiger partial charge on any atom is 0.267 e. The van der Waals surface area contributed by atoms with Crippen molar-refractivity contribution >= 4 is 27.5 Å². The number of hydrogen-bond donors (Lipinski definition) is 1. The van der Waals surface area contributed by atoms with Crippen molar-refractivity contribution < 1.29 is 4.79 Å². The van der Waals surface area contributed by atoms with E-state index < -0.39 is 0 Å². The Morgan fingerprint density at radius 2 is 2.12 bits per heavy atom. The van der Waals surface area contributed by atoms with Gasteiger partial charge in [-0.05, 0) is 56.7 Å². The summed E-state index contributed by atoms with van der Waals surface area (Å²) in [5.74, 6) is 0.0497. The normalized spacial score (nSPS) is 15.2. The van der Waals surface area contributed by atoms with Crippen molar-refractivity contribution in [3.63, 3.8) is 0 Å². The van der Waals surface area contributed by atoms with E-state index in [1.165, 1.54) is 41.6 Å². The highest BCUT2D eigenvalue weighted by molar-refractivity contribution is 7.17. The molecule has 3 aromatic heterocycles. The zero-order chi connectivity index (χ0) is 18.1. The minimum atomic E-state index is 0.0497. The van der Waals surface area contributed by atoms with Gasteiger partial charge in [0.25, 0.3) is 5.91 Å². The van der Waals surface area contributed by atoms with E-state index in [9.17, 15) is 4.79 Å². The summed E-state index contributed by atoms with van der Waals surface area (Å²) in [5, 5.41) is 9.71. The quantitative estimate of drug-likeness (QED) is 0.652. The molecule has 1 aliphatic rings. The van der Waals surface area contributed by atoms with Gasteiger partial charge in [-0.15, -0.1) is 11.3 Å². The van der Waals surface area contributed by atoms with Gasteiger partial charge >= 0.3 is 0 Å². The van der Waals surface area contributed by atoms with Crippen LogP contribution in [0.3, 0.4) is 0 Å². The van der Waals surface area contributed by atoms with Crippen molar-refractivity contribution in [3.05, 3.63) is 40.7 Å². The summed E-state index contributed by atoms with van der Waals surface area (Å²) in [6.45, 7) is 5.58. The Bertz CT molecular complexity index is 914. The van der Waals surface area contributed by atoms with E-state index in [0.29, 0.717) is 12.6 Å². The van der Waals surface area contributed by atoms with Crippen molar-refractivity contribution in [1.29, 1.82) is 0 Å². The predicted octanol–water partition coefficient (Wildman–Crippen LogP) is 4.45. The van der Waals surface area contributed by atoms with Gasteiger partial charge in [0.05, 0.1) is 15.9 Å². The highest BCUT2D eigenvalue weighted by Crippen LogP contribution is 2.36. The lowest BCUT2D eigenvalue weighted by atomic mass is 10.2. The molecule has 0 aromatic carbocycles. The van der Waals surface area contributed by atoms with E-state index in [-0.39, 0.29) is 5.91 Å². The van der Waals surface area contributed by atoms with Gasteiger partial charge < -0.3 is 9.88 Å². The molecule has 0 unspecified atom stereocenters. The van der Waals surface area contributed by atoms with Crippen LogP contribution in [0.5, 0.6) is 0 Å². The molecule has 1 fully saturated rings. The minimum Gasteiger partial charge on any atom is -0.351 e. The van der Waals surface area contributed by atoms with Gasteiger partial charge in [-0.3, -0.25) is 9.48 Å². The number of carbonyl (C=O) groups excluding carboxylic acids is 1. The zero-order valence-corrected chi connectivity index (χ0v) is 16.3. The molecule has 3 aromatic rings. The first kappa shape index (κ1) is 17.3. The molecule has 138 valence electrons. The molecule has 1 N–H and O–H groups in total. The van der Waals surface area contributed by atoms with Gasteiger partial charge in [-0.1, -0.05) is 12.8 Å². The van der Waals surface area contributed by atoms with Gasteiger partial charge in [0.2, 0.25) is 0 Å². The fourth-order valence-corrected chi connectivity index (χ4v) is 4.91. The van der Waals surface area contributed by atoms with Crippen LogP contribution in [0.25, 0.3) is 10.2 Å². The largest absolute Gasteiger partial charge is 0.351 e. The second-order valence-corrected chi connectivity index (χ2v) is 8.22. The Hall–Kier alpha value is -2.08. The second kappa shape index (κ2) is 7.27. The van der Waals surface area contributed by atoms with E-state index in [2.05, 4.69) is 45.5 Å². The van der Waals surface area contributed by atoms with Crippen LogP contribution in [-0.2, 0) is 6.54 Å². The molecule has 0 radical (unpaired) electrons. The van der Waals surface area contributed by atoms with Crippen LogP contribution in [-0.4, -0.2) is 26.8 Å². The van der Waals surface area contributed by atoms with E-state index in [1.807, 2.05) is 11.6 Å². The third-order valence-electron chi connectivity index (χ3n) is 5.32. The van der Waals surface area contributed by atoms with Crippen molar-refractivity contribution in [3.8, 4) is 0 Å². The van der Waals surface area contributed by atoms with Crippen LogP contribution in [0.4, 0.5) is 0 Å². The molecule has 4 rings (SSSR count). The predicted molar refractivity (Wildman–Crippen MR) is 106 cm³/mol. The van der Waals surface area contributed by atoms with Gasteiger partial charge in [-0.2, -0.15) is 5.10 Å². The Kier molecular flexibility index (Phi) is 4.85. The highest BCUT2D eigenvalue weighted by Gasteiger charge is 2.24. The maximum absolute atomic E-state index is 12.8. The van der Waals surface area contributed by atoms with Gasteiger partial charge in [0.1, 0.15) is 5.69 Å². The lowest BCUT2D eigenvalue weighted by molar-refractivity contribution is 0.0941. The topological polar surface area (TPSA) is 51.9 Å². The molecule has 0 atom stereocenters. The molecule has 1 amide bonds. The van der Waals surface area contributed by atoms with Gasteiger partial charge in [0.15, 0.2) is 0 Å². The summed E-state index contributed by atoms with van der Waals surface area (Å²) in [7, 11) is 0. The van der Waals surface area contributed by atoms with Crippen molar-refractivity contribution in [2.45, 2.75) is 58.5 Å². The Morgan fingerprint density at radius 3 is 2.85 bits per heavy atom. The van der Waals surface area contributed by atoms with Crippen LogP contribution in [0.2, 0.25) is 0 Å². The number of nitrogens with zero attached hydrogens (tertiary/aromatic N) is 3. The van der Waals surface area contributed by atoms with Crippen LogP contribution in [0.1, 0.15) is 60.0 Å². The van der Waals surface area contributed by atoms with Crippen molar-refractivity contribution in [1.82, 2.24) is 19.7 Å². The monoisotopic (exact) mass is 370 g/mol. The van der Waals surface area contributed by atoms with Crippen LogP contribution >= 0.6 is 11.3 Å². The number of aromatic nitrogens is 3. The fourth-order valence-electron chi connectivity index (χ4n) is 4.10. The molecule has 5 nitrogen and oxygen atoms in total. The van der Waals surface area contributed by atoms with E-state index in [4.69, 9.17) is 0 Å². The SMILES string of the molecule is Cc1cc(C)n(CCCNC(=O)c2cc3sccc3n2C2CCCC2)n1. The first-order chi connectivity index (χ1) is 12.6. The molecule has 1 aliphatic carbocycles. The number of amides is 1. The molecular weight excluding hydrogens is 344 g/mol. The third-order valence-corrected chi connectivity index (χ3v) is 6.17. The summed E-state index contributed by atoms with van der Waals surface area (Å²) >= 11 is 1.72. The average molecular weight is 371 g/mol. The van der Waals surface area contributed by atoms with Gasteiger partial charge in [0, 0.05) is 24.8 Å². The standard InChI is InChI=1S/C20H26N4OS/c1-14-12-15(2)23(22-14)10-5-9-21-20(25)18-13-19-17(8-11-26-19)24(18)16-6-3-4-7-16/h8,11-13,16H,3-7,9-10H2,1-2H3,(H,21,25).